The Morgan fingerprint density at radius 1 is 1.82 bits per heavy atom. The summed E-state index contributed by atoms with van der Waals surface area (Å²) in [4.78, 5) is 10.5. The maximum Gasteiger partial charge on any atom is 0.327 e. The van der Waals surface area contributed by atoms with E-state index in [-0.39, 0.29) is 5.25 Å². The molecule has 0 radical (unpaired) electrons. The highest BCUT2D eigenvalue weighted by molar-refractivity contribution is 7.81. The van der Waals surface area contributed by atoms with Crippen LogP contribution in [0.25, 0.3) is 0 Å². The molecule has 0 fully saturated rings. The maximum absolute atomic E-state index is 10.5. The lowest BCUT2D eigenvalue weighted by Gasteiger charge is -2.14. The second-order valence-electron chi connectivity index (χ2n) is 2.08. The quantitative estimate of drug-likeness (QED) is 0.447. The van der Waals surface area contributed by atoms with Gasteiger partial charge in [0.15, 0.2) is 0 Å². The Morgan fingerprint density at radius 3 is 2.64 bits per heavy atom. The standard InChI is InChI=1S/C6H12N2O2S/c1-4(11)5(6(9)10)8-3-2-7/h2-5,8,11H,7H2,1H3,(H,9,10)/t4?,5-/m0/s1. The van der Waals surface area contributed by atoms with Gasteiger partial charge in [-0.2, -0.15) is 12.6 Å². The van der Waals surface area contributed by atoms with Crippen molar-refractivity contribution in [1.82, 2.24) is 5.32 Å². The van der Waals surface area contributed by atoms with Crippen LogP contribution in [0.5, 0.6) is 0 Å². The Bertz CT molecular complexity index is 159. The van der Waals surface area contributed by atoms with Gasteiger partial charge in [-0.1, -0.05) is 6.92 Å². The molecule has 0 heterocycles. The van der Waals surface area contributed by atoms with E-state index in [1.165, 1.54) is 12.4 Å². The molecule has 0 saturated heterocycles. The number of aliphatic carboxylic acids is 1. The first-order chi connectivity index (χ1) is 5.09. The van der Waals surface area contributed by atoms with Crippen molar-refractivity contribution in [3.05, 3.63) is 12.4 Å². The number of nitrogens with two attached hydrogens (primary N) is 1. The van der Waals surface area contributed by atoms with E-state index < -0.39 is 12.0 Å². The fraction of sp³-hybridized carbons (Fsp3) is 0.500. The van der Waals surface area contributed by atoms with E-state index in [1.807, 2.05) is 0 Å². The molecule has 1 unspecified atom stereocenters. The Kier molecular flexibility index (Phi) is 4.52. The lowest BCUT2D eigenvalue weighted by Crippen LogP contribution is -2.39. The summed E-state index contributed by atoms with van der Waals surface area (Å²) in [5, 5.41) is 10.9. The molecular weight excluding hydrogens is 164 g/mol. The van der Waals surface area contributed by atoms with E-state index in [0.29, 0.717) is 0 Å². The Labute approximate surface area is 70.9 Å². The molecule has 0 aromatic rings. The topological polar surface area (TPSA) is 75.3 Å². The van der Waals surface area contributed by atoms with E-state index >= 15 is 0 Å². The van der Waals surface area contributed by atoms with Crippen molar-refractivity contribution in [2.24, 2.45) is 5.73 Å². The Morgan fingerprint density at radius 2 is 2.36 bits per heavy atom. The number of rotatable bonds is 4. The molecule has 64 valence electrons. The van der Waals surface area contributed by atoms with Crippen molar-refractivity contribution in [3.63, 3.8) is 0 Å². The van der Waals surface area contributed by atoms with E-state index in [4.69, 9.17) is 10.8 Å². The number of hydrogen-bond donors (Lipinski definition) is 4. The largest absolute Gasteiger partial charge is 0.480 e. The Balaban J connectivity index is 4.00. The van der Waals surface area contributed by atoms with Crippen LogP contribution in [0.15, 0.2) is 12.4 Å². The van der Waals surface area contributed by atoms with Gasteiger partial charge < -0.3 is 16.2 Å². The molecule has 0 aromatic heterocycles. The highest BCUT2D eigenvalue weighted by atomic mass is 32.1. The average Bonchev–Trinajstić information content (AvgIpc) is 1.87. The average molecular weight is 176 g/mol. The normalized spacial score (nSPS) is 16.2. The summed E-state index contributed by atoms with van der Waals surface area (Å²) < 4.78 is 0. The minimum Gasteiger partial charge on any atom is -0.480 e. The number of nitrogens with one attached hydrogen (secondary N) is 1. The molecule has 2 atom stereocenters. The highest BCUT2D eigenvalue weighted by Gasteiger charge is 2.19. The van der Waals surface area contributed by atoms with Crippen LogP contribution in [-0.2, 0) is 4.79 Å². The number of thiol groups is 1. The summed E-state index contributed by atoms with van der Waals surface area (Å²) >= 11 is 3.99. The predicted molar refractivity (Wildman–Crippen MR) is 46.3 cm³/mol. The number of carboxylic acids is 1. The van der Waals surface area contributed by atoms with Gasteiger partial charge in [0.2, 0.25) is 0 Å². The molecule has 0 aliphatic carbocycles. The SMILES string of the molecule is CC(S)[C@H](NC=CN)C(=O)O. The molecule has 0 saturated carbocycles. The third-order valence-electron chi connectivity index (χ3n) is 1.12. The third kappa shape index (κ3) is 3.77. The second kappa shape index (κ2) is 4.90. The molecular formula is C6H12N2O2S. The first kappa shape index (κ1) is 10.2. The highest BCUT2D eigenvalue weighted by Crippen LogP contribution is 2.00. The number of carbonyl (C=O) groups is 1. The van der Waals surface area contributed by atoms with Crippen LogP contribution < -0.4 is 11.1 Å². The molecule has 4 nitrogen and oxygen atoms in total. The zero-order valence-electron chi connectivity index (χ0n) is 6.19. The fourth-order valence-corrected chi connectivity index (χ4v) is 0.790. The van der Waals surface area contributed by atoms with E-state index in [0.717, 1.165) is 0 Å². The van der Waals surface area contributed by atoms with Crippen molar-refractivity contribution >= 4 is 18.6 Å². The molecule has 0 aliphatic rings. The predicted octanol–water partition coefficient (Wildman–Crippen LogP) is -0.223. The third-order valence-corrected chi connectivity index (χ3v) is 1.42. The van der Waals surface area contributed by atoms with Crippen molar-refractivity contribution in [2.45, 2.75) is 18.2 Å². The first-order valence-corrected chi connectivity index (χ1v) is 3.65. The van der Waals surface area contributed by atoms with Gasteiger partial charge in [0, 0.05) is 17.6 Å². The fourth-order valence-electron chi connectivity index (χ4n) is 0.576. The smallest absolute Gasteiger partial charge is 0.327 e. The van der Waals surface area contributed by atoms with Crippen LogP contribution in [0, 0.1) is 0 Å². The lowest BCUT2D eigenvalue weighted by molar-refractivity contribution is -0.139. The minimum atomic E-state index is -0.939. The van der Waals surface area contributed by atoms with Crippen molar-refractivity contribution in [2.75, 3.05) is 0 Å². The summed E-state index contributed by atoms with van der Waals surface area (Å²) in [7, 11) is 0. The van der Waals surface area contributed by atoms with Crippen molar-refractivity contribution in [1.29, 1.82) is 0 Å². The maximum atomic E-state index is 10.5. The Hall–Kier alpha value is -0.840. The molecule has 0 aliphatic heterocycles. The van der Waals surface area contributed by atoms with Gasteiger partial charge in [0.25, 0.3) is 0 Å². The van der Waals surface area contributed by atoms with Crippen LogP contribution in [-0.4, -0.2) is 22.4 Å². The van der Waals surface area contributed by atoms with E-state index in [1.54, 1.807) is 6.92 Å². The molecule has 0 spiro atoms. The summed E-state index contributed by atoms with van der Waals surface area (Å²) in [6.45, 7) is 1.69. The molecule has 5 heteroatoms. The minimum absolute atomic E-state index is 0.260. The monoisotopic (exact) mass is 176 g/mol. The summed E-state index contributed by atoms with van der Waals surface area (Å²) in [6, 6.07) is -0.696. The zero-order chi connectivity index (χ0) is 8.85. The molecule has 0 amide bonds. The number of carboxylic acid groups (broad SMARTS) is 1. The van der Waals surface area contributed by atoms with Crippen LogP contribution >= 0.6 is 12.6 Å². The molecule has 0 rings (SSSR count). The first-order valence-electron chi connectivity index (χ1n) is 3.13. The molecule has 11 heavy (non-hydrogen) atoms. The zero-order valence-corrected chi connectivity index (χ0v) is 7.08. The van der Waals surface area contributed by atoms with E-state index in [2.05, 4.69) is 17.9 Å². The second-order valence-corrected chi connectivity index (χ2v) is 2.90. The van der Waals surface area contributed by atoms with Gasteiger partial charge in [-0.15, -0.1) is 0 Å². The summed E-state index contributed by atoms with van der Waals surface area (Å²) in [5.74, 6) is -0.939. The van der Waals surface area contributed by atoms with Gasteiger partial charge in [-0.25, -0.2) is 4.79 Å². The van der Waals surface area contributed by atoms with Crippen molar-refractivity contribution < 1.29 is 9.90 Å². The lowest BCUT2D eigenvalue weighted by atomic mass is 10.2. The van der Waals surface area contributed by atoms with Crippen LogP contribution in [0.2, 0.25) is 0 Å². The number of hydrogen-bond acceptors (Lipinski definition) is 4. The van der Waals surface area contributed by atoms with Gasteiger partial charge >= 0.3 is 5.97 Å². The molecule has 0 bridgehead atoms. The summed E-state index contributed by atoms with van der Waals surface area (Å²) in [6.07, 6.45) is 2.62. The molecule has 4 N–H and O–H groups in total. The summed E-state index contributed by atoms with van der Waals surface area (Å²) in [5.41, 5.74) is 5.02. The molecule has 0 aromatic carbocycles. The van der Waals surface area contributed by atoms with Gasteiger partial charge in [0.05, 0.1) is 0 Å². The van der Waals surface area contributed by atoms with E-state index in [9.17, 15) is 4.79 Å². The van der Waals surface area contributed by atoms with Crippen LogP contribution in [0.4, 0.5) is 0 Å². The van der Waals surface area contributed by atoms with Gasteiger partial charge in [-0.3, -0.25) is 0 Å². The van der Waals surface area contributed by atoms with Crippen LogP contribution in [0.1, 0.15) is 6.92 Å². The van der Waals surface area contributed by atoms with Crippen molar-refractivity contribution in [3.8, 4) is 0 Å². The van der Waals surface area contributed by atoms with Gasteiger partial charge in [0.1, 0.15) is 6.04 Å². The van der Waals surface area contributed by atoms with Gasteiger partial charge in [-0.05, 0) is 0 Å². The van der Waals surface area contributed by atoms with Crippen LogP contribution in [0.3, 0.4) is 0 Å².